The van der Waals surface area contributed by atoms with Crippen LogP contribution < -0.4 is 5.32 Å². The Kier molecular flexibility index (Phi) is 3.46. The fourth-order valence-corrected chi connectivity index (χ4v) is 3.11. The topological polar surface area (TPSA) is 75.1 Å². The minimum atomic E-state index is -0.798. The van der Waals surface area contributed by atoms with E-state index in [9.17, 15) is 14.3 Å². The molecule has 1 aliphatic rings. The second-order valence-electron chi connectivity index (χ2n) is 5.80. The Hall–Kier alpha value is -2.86. The van der Waals surface area contributed by atoms with Crippen molar-refractivity contribution in [3.8, 4) is 0 Å². The van der Waals surface area contributed by atoms with Crippen LogP contribution in [-0.4, -0.2) is 27.0 Å². The van der Waals surface area contributed by atoms with Gasteiger partial charge in [-0.05, 0) is 23.6 Å². The second-order valence-corrected chi connectivity index (χ2v) is 5.80. The molecule has 0 saturated heterocycles. The summed E-state index contributed by atoms with van der Waals surface area (Å²) in [6.07, 6.45) is 2.67. The molecule has 1 amide bonds. The summed E-state index contributed by atoms with van der Waals surface area (Å²) in [7, 11) is 0. The van der Waals surface area contributed by atoms with Crippen LogP contribution in [0, 0.1) is 5.82 Å². The van der Waals surface area contributed by atoms with E-state index in [0.29, 0.717) is 17.5 Å². The zero-order valence-electron chi connectivity index (χ0n) is 12.6. The average molecular weight is 323 g/mol. The van der Waals surface area contributed by atoms with Crippen molar-refractivity contribution >= 4 is 16.9 Å². The first-order chi connectivity index (χ1) is 11.6. The number of nitrogens with one attached hydrogen (secondary N) is 1. The third-order valence-corrected chi connectivity index (χ3v) is 4.31. The molecule has 2 unspecified atom stereocenters. The summed E-state index contributed by atoms with van der Waals surface area (Å²) in [5.41, 5.74) is 2.51. The summed E-state index contributed by atoms with van der Waals surface area (Å²) in [6, 6.07) is 9.56. The lowest BCUT2D eigenvalue weighted by molar-refractivity contribution is 0.0855. The highest BCUT2D eigenvalue weighted by Crippen LogP contribution is 2.31. The van der Waals surface area contributed by atoms with Crippen molar-refractivity contribution < 1.29 is 14.3 Å². The molecular formula is C18H14FN3O2. The van der Waals surface area contributed by atoms with Crippen molar-refractivity contribution in [3.05, 3.63) is 71.3 Å². The maximum Gasteiger partial charge on any atom is 0.254 e. The van der Waals surface area contributed by atoms with E-state index in [2.05, 4.69) is 15.3 Å². The van der Waals surface area contributed by atoms with Crippen LogP contribution in [0.1, 0.15) is 27.6 Å². The molecular weight excluding hydrogens is 309 g/mol. The van der Waals surface area contributed by atoms with Gasteiger partial charge >= 0.3 is 0 Å². The molecule has 4 rings (SSSR count). The number of aliphatic hydroxyl groups is 1. The molecule has 0 bridgehead atoms. The Morgan fingerprint density at radius 3 is 2.62 bits per heavy atom. The van der Waals surface area contributed by atoms with Gasteiger partial charge in [0.05, 0.1) is 28.7 Å². The zero-order valence-corrected chi connectivity index (χ0v) is 12.6. The van der Waals surface area contributed by atoms with Gasteiger partial charge in [0.25, 0.3) is 5.91 Å². The van der Waals surface area contributed by atoms with Gasteiger partial charge in [-0.15, -0.1) is 0 Å². The van der Waals surface area contributed by atoms with Gasteiger partial charge in [-0.3, -0.25) is 14.8 Å². The maximum absolute atomic E-state index is 14.2. The first-order valence-corrected chi connectivity index (χ1v) is 7.60. The minimum Gasteiger partial charge on any atom is -0.386 e. The van der Waals surface area contributed by atoms with Gasteiger partial charge in [0.1, 0.15) is 5.82 Å². The largest absolute Gasteiger partial charge is 0.386 e. The van der Waals surface area contributed by atoms with E-state index >= 15 is 0 Å². The van der Waals surface area contributed by atoms with Crippen molar-refractivity contribution in [1.29, 1.82) is 0 Å². The summed E-state index contributed by atoms with van der Waals surface area (Å²) in [6.45, 7) is 0. The lowest BCUT2D eigenvalue weighted by atomic mass is 10.1. The molecule has 1 heterocycles. The van der Waals surface area contributed by atoms with Crippen molar-refractivity contribution in [2.45, 2.75) is 18.6 Å². The normalized spacial score (nSPS) is 19.2. The summed E-state index contributed by atoms with van der Waals surface area (Å²) >= 11 is 0. The van der Waals surface area contributed by atoms with Crippen LogP contribution in [-0.2, 0) is 6.42 Å². The highest BCUT2D eigenvalue weighted by atomic mass is 19.1. The number of carbonyl (C=O) groups excluding carboxylic acids is 1. The highest BCUT2D eigenvalue weighted by molar-refractivity contribution is 5.97. The lowest BCUT2D eigenvalue weighted by Crippen LogP contribution is -2.38. The van der Waals surface area contributed by atoms with E-state index in [-0.39, 0.29) is 5.56 Å². The summed E-state index contributed by atoms with van der Waals surface area (Å²) < 4.78 is 14.2. The Bertz CT molecular complexity index is 944. The number of rotatable bonds is 2. The number of hydrogen-bond acceptors (Lipinski definition) is 4. The average Bonchev–Trinajstić information content (AvgIpc) is 2.90. The molecule has 5 nitrogen and oxygen atoms in total. The van der Waals surface area contributed by atoms with Gasteiger partial charge in [-0.1, -0.05) is 24.3 Å². The van der Waals surface area contributed by atoms with Crippen molar-refractivity contribution in [1.82, 2.24) is 15.3 Å². The van der Waals surface area contributed by atoms with Crippen LogP contribution in [0.3, 0.4) is 0 Å². The molecule has 0 radical (unpaired) electrons. The third-order valence-electron chi connectivity index (χ3n) is 4.31. The van der Waals surface area contributed by atoms with Crippen molar-refractivity contribution in [2.24, 2.45) is 0 Å². The lowest BCUT2D eigenvalue weighted by Gasteiger charge is -2.17. The third kappa shape index (κ3) is 2.41. The molecule has 2 atom stereocenters. The number of fused-ring (bicyclic) bond motifs is 2. The number of carbonyl (C=O) groups is 1. The van der Waals surface area contributed by atoms with Crippen LogP contribution in [0.2, 0.25) is 0 Å². The van der Waals surface area contributed by atoms with Crippen LogP contribution in [0.4, 0.5) is 4.39 Å². The van der Waals surface area contributed by atoms with E-state index in [1.165, 1.54) is 24.5 Å². The smallest absolute Gasteiger partial charge is 0.254 e. The van der Waals surface area contributed by atoms with Gasteiger partial charge in [0, 0.05) is 18.5 Å². The molecule has 0 fully saturated rings. The molecule has 1 aliphatic carbocycles. The number of aromatic nitrogens is 2. The van der Waals surface area contributed by atoms with E-state index in [4.69, 9.17) is 0 Å². The summed E-state index contributed by atoms with van der Waals surface area (Å²) in [4.78, 5) is 20.5. The first kappa shape index (κ1) is 14.7. The van der Waals surface area contributed by atoms with E-state index < -0.39 is 23.9 Å². The number of amides is 1. The molecule has 6 heteroatoms. The van der Waals surface area contributed by atoms with Crippen LogP contribution in [0.15, 0.2) is 48.8 Å². The standard InChI is InChI=1S/C18H14FN3O2/c19-13-9-15-14(20-5-6-21-15)8-12(13)18(24)22-16-7-10-3-1-2-4-11(10)17(16)23/h1-6,8-9,16-17,23H,7H2,(H,22,24). The quantitative estimate of drug-likeness (QED) is 0.758. The van der Waals surface area contributed by atoms with E-state index in [1.54, 1.807) is 0 Å². The molecule has 1 aromatic heterocycles. The Labute approximate surface area is 137 Å². The van der Waals surface area contributed by atoms with Crippen molar-refractivity contribution in [2.75, 3.05) is 0 Å². The Morgan fingerprint density at radius 1 is 1.17 bits per heavy atom. The number of benzene rings is 2. The Morgan fingerprint density at radius 2 is 1.88 bits per heavy atom. The SMILES string of the molecule is O=C(NC1Cc2ccccc2C1O)c1cc2nccnc2cc1F. The fraction of sp³-hybridized carbons (Fsp3) is 0.167. The van der Waals surface area contributed by atoms with E-state index in [1.807, 2.05) is 24.3 Å². The molecule has 3 aromatic rings. The van der Waals surface area contributed by atoms with Gasteiger partial charge in [-0.2, -0.15) is 0 Å². The Balaban J connectivity index is 1.60. The monoisotopic (exact) mass is 323 g/mol. The predicted octanol–water partition coefficient (Wildman–Crippen LogP) is 2.16. The van der Waals surface area contributed by atoms with Gasteiger partial charge in [-0.25, -0.2) is 4.39 Å². The van der Waals surface area contributed by atoms with Gasteiger partial charge < -0.3 is 10.4 Å². The summed E-state index contributed by atoms with van der Waals surface area (Å²) in [5, 5.41) is 13.1. The maximum atomic E-state index is 14.2. The van der Waals surface area contributed by atoms with Gasteiger partial charge in [0.2, 0.25) is 0 Å². The van der Waals surface area contributed by atoms with Crippen LogP contribution in [0.25, 0.3) is 11.0 Å². The zero-order chi connectivity index (χ0) is 16.7. The number of halogens is 1. The number of aliphatic hydroxyl groups excluding tert-OH is 1. The fourth-order valence-electron chi connectivity index (χ4n) is 3.11. The highest BCUT2D eigenvalue weighted by Gasteiger charge is 2.32. The molecule has 2 aromatic carbocycles. The predicted molar refractivity (Wildman–Crippen MR) is 85.9 cm³/mol. The van der Waals surface area contributed by atoms with Crippen LogP contribution >= 0.6 is 0 Å². The molecule has 0 saturated carbocycles. The van der Waals surface area contributed by atoms with Gasteiger partial charge in [0.15, 0.2) is 0 Å². The number of hydrogen-bond donors (Lipinski definition) is 2. The first-order valence-electron chi connectivity index (χ1n) is 7.60. The van der Waals surface area contributed by atoms with E-state index in [0.717, 1.165) is 11.1 Å². The molecule has 120 valence electrons. The van der Waals surface area contributed by atoms with Crippen LogP contribution in [0.5, 0.6) is 0 Å². The molecule has 2 N–H and O–H groups in total. The number of nitrogens with zero attached hydrogens (tertiary/aromatic N) is 2. The minimum absolute atomic E-state index is 0.105. The summed E-state index contributed by atoms with van der Waals surface area (Å²) in [5.74, 6) is -1.23. The molecule has 24 heavy (non-hydrogen) atoms. The molecule has 0 aliphatic heterocycles. The molecule has 0 spiro atoms. The second kappa shape index (κ2) is 5.65. The van der Waals surface area contributed by atoms with Crippen molar-refractivity contribution in [3.63, 3.8) is 0 Å².